The molecule has 9 heteroatoms. The van der Waals surface area contributed by atoms with Gasteiger partial charge in [0.25, 0.3) is 5.91 Å². The van der Waals surface area contributed by atoms with Gasteiger partial charge in [0.1, 0.15) is 18.8 Å². The minimum atomic E-state index is -0.698. The summed E-state index contributed by atoms with van der Waals surface area (Å²) in [5.41, 5.74) is 1.46. The van der Waals surface area contributed by atoms with Gasteiger partial charge in [-0.1, -0.05) is 18.2 Å². The fourth-order valence-electron chi connectivity index (χ4n) is 2.93. The molecule has 146 valence electrons. The Bertz CT molecular complexity index is 991. The summed E-state index contributed by atoms with van der Waals surface area (Å²) in [4.78, 5) is 48.5. The van der Waals surface area contributed by atoms with Gasteiger partial charge in [0.2, 0.25) is 0 Å². The van der Waals surface area contributed by atoms with Crippen molar-refractivity contribution in [3.05, 3.63) is 41.7 Å². The number of carbonyl (C=O) groups is 4. The molecule has 0 aliphatic carbocycles. The van der Waals surface area contributed by atoms with Crippen LogP contribution in [-0.2, 0) is 30.4 Å². The van der Waals surface area contributed by atoms with Crippen molar-refractivity contribution in [1.29, 1.82) is 0 Å². The number of carbonyl (C=O) groups excluding carboxylic acids is 4. The third-order valence-electron chi connectivity index (χ3n) is 4.20. The van der Waals surface area contributed by atoms with Crippen molar-refractivity contribution in [2.45, 2.75) is 13.5 Å². The van der Waals surface area contributed by atoms with Crippen LogP contribution in [0, 0.1) is 0 Å². The van der Waals surface area contributed by atoms with Crippen LogP contribution in [0.25, 0.3) is 17.0 Å². The molecule has 1 N–H and O–H groups in total. The summed E-state index contributed by atoms with van der Waals surface area (Å²) in [6, 6.07) is 6.66. The van der Waals surface area contributed by atoms with E-state index in [9.17, 15) is 19.2 Å². The molecule has 9 nitrogen and oxygen atoms in total. The van der Waals surface area contributed by atoms with Crippen LogP contribution in [0.2, 0.25) is 0 Å². The smallest absolute Gasteiger partial charge is 0.329 e. The Kier molecular flexibility index (Phi) is 5.44. The van der Waals surface area contributed by atoms with Crippen LogP contribution in [0.1, 0.15) is 12.5 Å². The van der Waals surface area contributed by atoms with Crippen LogP contribution in [0.5, 0.6) is 0 Å². The van der Waals surface area contributed by atoms with E-state index in [2.05, 4.69) is 10.1 Å². The van der Waals surface area contributed by atoms with Crippen molar-refractivity contribution in [2.24, 2.45) is 0 Å². The van der Waals surface area contributed by atoms with Crippen molar-refractivity contribution < 1.29 is 28.7 Å². The highest BCUT2D eigenvalue weighted by Gasteiger charge is 2.35. The van der Waals surface area contributed by atoms with Crippen molar-refractivity contribution in [3.8, 4) is 0 Å². The lowest BCUT2D eigenvalue weighted by Crippen LogP contribution is -2.36. The molecule has 1 aromatic carbocycles. The second-order valence-corrected chi connectivity index (χ2v) is 5.99. The Hall–Kier alpha value is -3.62. The van der Waals surface area contributed by atoms with Crippen molar-refractivity contribution in [1.82, 2.24) is 14.8 Å². The summed E-state index contributed by atoms with van der Waals surface area (Å²) < 4.78 is 11.2. The number of aromatic nitrogens is 1. The number of hydrogen-bond donors (Lipinski definition) is 1. The SMILES string of the molecule is CCOC(=O)Cn1cc(C=C2NC(=O)N(CC(=O)OC)C2=O)c2ccccc21. The van der Waals surface area contributed by atoms with Crippen LogP contribution >= 0.6 is 0 Å². The molecule has 28 heavy (non-hydrogen) atoms. The molecule has 0 atom stereocenters. The van der Waals surface area contributed by atoms with Crippen molar-refractivity contribution in [3.63, 3.8) is 0 Å². The molecule has 0 unspecified atom stereocenters. The fourth-order valence-corrected chi connectivity index (χ4v) is 2.93. The first-order valence-corrected chi connectivity index (χ1v) is 8.59. The topological polar surface area (TPSA) is 107 Å². The minimum absolute atomic E-state index is 0.0201. The number of fused-ring (bicyclic) bond motifs is 1. The van der Waals surface area contributed by atoms with Crippen molar-refractivity contribution >= 4 is 40.9 Å². The first-order chi connectivity index (χ1) is 13.4. The minimum Gasteiger partial charge on any atom is -0.468 e. The summed E-state index contributed by atoms with van der Waals surface area (Å²) >= 11 is 0. The van der Waals surface area contributed by atoms with E-state index in [0.717, 1.165) is 15.8 Å². The van der Waals surface area contributed by atoms with Crippen LogP contribution in [0.15, 0.2) is 36.2 Å². The van der Waals surface area contributed by atoms with E-state index in [1.165, 1.54) is 13.2 Å². The third-order valence-corrected chi connectivity index (χ3v) is 4.20. The maximum Gasteiger partial charge on any atom is 0.329 e. The van der Waals surface area contributed by atoms with E-state index in [0.29, 0.717) is 5.56 Å². The summed E-state index contributed by atoms with van der Waals surface area (Å²) in [6.07, 6.45) is 3.22. The van der Waals surface area contributed by atoms with Gasteiger partial charge in [-0.2, -0.15) is 0 Å². The molecule has 2 aromatic rings. The van der Waals surface area contributed by atoms with E-state index < -0.39 is 24.5 Å². The molecule has 0 saturated carbocycles. The van der Waals surface area contributed by atoms with Gasteiger partial charge < -0.3 is 19.4 Å². The first kappa shape index (κ1) is 19.2. The standard InChI is InChI=1S/C19H19N3O6/c1-3-28-17(24)10-21-9-12(13-6-4-5-7-15(13)21)8-14-18(25)22(19(26)20-14)11-16(23)27-2/h4-9H,3,10-11H2,1-2H3,(H,20,26). The molecular formula is C19H19N3O6. The summed E-state index contributed by atoms with van der Waals surface area (Å²) in [5.74, 6) is -1.70. The van der Waals surface area contributed by atoms with Gasteiger partial charge in [-0.25, -0.2) is 9.69 Å². The molecular weight excluding hydrogens is 366 g/mol. The summed E-state index contributed by atoms with van der Waals surface area (Å²) in [6.45, 7) is 1.57. The number of rotatable bonds is 6. The van der Waals surface area contributed by atoms with E-state index >= 15 is 0 Å². The number of esters is 2. The highest BCUT2D eigenvalue weighted by Crippen LogP contribution is 2.24. The first-order valence-electron chi connectivity index (χ1n) is 8.59. The Labute approximate surface area is 160 Å². The second-order valence-electron chi connectivity index (χ2n) is 5.99. The lowest BCUT2D eigenvalue weighted by Gasteiger charge is -2.08. The van der Waals surface area contributed by atoms with Crippen LogP contribution in [0.4, 0.5) is 4.79 Å². The molecule has 0 radical (unpaired) electrons. The van der Waals surface area contributed by atoms with Crippen LogP contribution in [-0.4, -0.2) is 53.6 Å². The number of para-hydroxylation sites is 1. The number of ether oxygens (including phenoxy) is 2. The predicted octanol–water partition coefficient (Wildman–Crippen LogP) is 1.27. The zero-order valence-corrected chi connectivity index (χ0v) is 15.4. The van der Waals surface area contributed by atoms with E-state index in [1.54, 1.807) is 17.7 Å². The normalized spacial score (nSPS) is 15.2. The largest absolute Gasteiger partial charge is 0.468 e. The predicted molar refractivity (Wildman–Crippen MR) is 98.8 cm³/mol. The Morgan fingerprint density at radius 1 is 1.14 bits per heavy atom. The maximum absolute atomic E-state index is 12.5. The highest BCUT2D eigenvalue weighted by atomic mass is 16.5. The highest BCUT2D eigenvalue weighted by molar-refractivity contribution is 6.15. The van der Waals surface area contributed by atoms with Gasteiger partial charge in [-0.05, 0) is 19.1 Å². The molecule has 3 rings (SSSR count). The number of benzene rings is 1. The number of amides is 3. The lowest BCUT2D eigenvalue weighted by atomic mass is 10.1. The van der Waals surface area contributed by atoms with E-state index in [-0.39, 0.29) is 24.8 Å². The summed E-state index contributed by atoms with van der Waals surface area (Å²) in [7, 11) is 1.18. The number of imide groups is 1. The molecule has 0 bridgehead atoms. The number of nitrogens with zero attached hydrogens (tertiary/aromatic N) is 2. The average molecular weight is 385 g/mol. The molecule has 3 amide bonds. The third kappa shape index (κ3) is 3.73. The van der Waals surface area contributed by atoms with Crippen LogP contribution in [0.3, 0.4) is 0 Å². The number of nitrogens with one attached hydrogen (secondary N) is 1. The molecule has 1 aliphatic heterocycles. The Balaban J connectivity index is 1.94. The molecule has 1 fully saturated rings. The second kappa shape index (κ2) is 7.95. The van der Waals surface area contributed by atoms with Crippen molar-refractivity contribution in [2.75, 3.05) is 20.3 Å². The van der Waals surface area contributed by atoms with Gasteiger partial charge in [0, 0.05) is 22.7 Å². The zero-order valence-electron chi connectivity index (χ0n) is 15.4. The zero-order chi connectivity index (χ0) is 20.3. The molecule has 0 spiro atoms. The quantitative estimate of drug-likeness (QED) is 0.456. The van der Waals surface area contributed by atoms with Gasteiger partial charge in [-0.15, -0.1) is 0 Å². The Morgan fingerprint density at radius 3 is 2.61 bits per heavy atom. The maximum atomic E-state index is 12.5. The average Bonchev–Trinajstić information content (AvgIpc) is 3.14. The Morgan fingerprint density at radius 2 is 1.89 bits per heavy atom. The van der Waals surface area contributed by atoms with Gasteiger partial charge in [-0.3, -0.25) is 14.4 Å². The fraction of sp³-hybridized carbons (Fsp3) is 0.263. The van der Waals surface area contributed by atoms with E-state index in [4.69, 9.17) is 4.74 Å². The number of hydrogen-bond acceptors (Lipinski definition) is 6. The molecule has 1 aromatic heterocycles. The van der Waals surface area contributed by atoms with Crippen LogP contribution < -0.4 is 5.32 Å². The van der Waals surface area contributed by atoms with E-state index in [1.807, 2.05) is 24.3 Å². The summed E-state index contributed by atoms with van der Waals surface area (Å²) in [5, 5.41) is 3.26. The molecule has 2 heterocycles. The number of methoxy groups -OCH3 is 1. The molecule has 1 aliphatic rings. The van der Waals surface area contributed by atoms with Gasteiger partial charge >= 0.3 is 18.0 Å². The van der Waals surface area contributed by atoms with Gasteiger partial charge in [0.05, 0.1) is 13.7 Å². The molecule has 1 saturated heterocycles. The number of urea groups is 1. The monoisotopic (exact) mass is 385 g/mol. The lowest BCUT2D eigenvalue weighted by molar-refractivity contribution is -0.144. The van der Waals surface area contributed by atoms with Gasteiger partial charge in [0.15, 0.2) is 0 Å².